The first-order valence-corrected chi connectivity index (χ1v) is 8.55. The fraction of sp³-hybridized carbons (Fsp3) is 0.263. The minimum atomic E-state index is -0.922. The van der Waals surface area contributed by atoms with Crippen LogP contribution in [-0.4, -0.2) is 43.1 Å². The van der Waals surface area contributed by atoms with Crippen LogP contribution >= 0.6 is 0 Å². The summed E-state index contributed by atoms with van der Waals surface area (Å²) in [6, 6.07) is 8.99. The number of carbonyl (C=O) groups is 2. The second kappa shape index (κ2) is 6.91. The van der Waals surface area contributed by atoms with Gasteiger partial charge in [0, 0.05) is 6.07 Å². The Balaban J connectivity index is 1.61. The Morgan fingerprint density at radius 1 is 1.04 bits per heavy atom. The lowest BCUT2D eigenvalue weighted by Crippen LogP contribution is -2.39. The van der Waals surface area contributed by atoms with E-state index in [1.165, 1.54) is 31.4 Å². The molecule has 4 rings (SSSR count). The molecule has 2 amide bonds. The van der Waals surface area contributed by atoms with E-state index in [2.05, 4.69) is 10.3 Å². The van der Waals surface area contributed by atoms with Crippen molar-refractivity contribution in [2.24, 2.45) is 10.3 Å². The minimum absolute atomic E-state index is 0.168. The molecule has 0 N–H and O–H groups in total. The van der Waals surface area contributed by atoms with Gasteiger partial charge in [0.2, 0.25) is 0 Å². The number of imide groups is 1. The number of fused-ring (bicyclic) bond motifs is 1. The predicted octanol–water partition coefficient (Wildman–Crippen LogP) is 2.34. The molecule has 0 saturated carbocycles. The van der Waals surface area contributed by atoms with Gasteiger partial charge in [0.25, 0.3) is 11.8 Å². The van der Waals surface area contributed by atoms with E-state index < -0.39 is 23.9 Å². The molecule has 28 heavy (non-hydrogen) atoms. The van der Waals surface area contributed by atoms with Gasteiger partial charge in [-0.2, -0.15) is 5.11 Å². The Labute approximate surface area is 160 Å². The number of hydrogen-bond donors (Lipinski definition) is 0. The van der Waals surface area contributed by atoms with E-state index in [0.29, 0.717) is 22.7 Å². The first-order valence-electron chi connectivity index (χ1n) is 8.55. The molecule has 0 radical (unpaired) electrons. The fourth-order valence-electron chi connectivity index (χ4n) is 3.39. The summed E-state index contributed by atoms with van der Waals surface area (Å²) in [5.41, 5.74) is 0.993. The average molecular weight is 384 g/mol. The molecule has 1 fully saturated rings. The van der Waals surface area contributed by atoms with Crippen molar-refractivity contribution < 1.29 is 23.5 Å². The van der Waals surface area contributed by atoms with Gasteiger partial charge < -0.3 is 9.47 Å². The van der Waals surface area contributed by atoms with Crippen molar-refractivity contribution >= 4 is 17.5 Å². The third-order valence-corrected chi connectivity index (χ3v) is 4.72. The van der Waals surface area contributed by atoms with Crippen LogP contribution in [-0.2, 0) is 16.1 Å². The van der Waals surface area contributed by atoms with E-state index in [-0.39, 0.29) is 12.4 Å². The van der Waals surface area contributed by atoms with Crippen LogP contribution in [0.5, 0.6) is 11.5 Å². The molecule has 9 heteroatoms. The minimum Gasteiger partial charge on any atom is -0.493 e. The molecule has 0 unspecified atom stereocenters. The number of carbonyl (C=O) groups excluding carboxylic acids is 2. The van der Waals surface area contributed by atoms with E-state index in [1.54, 1.807) is 30.3 Å². The molecule has 2 aliphatic rings. The van der Waals surface area contributed by atoms with Gasteiger partial charge in [-0.3, -0.25) is 14.6 Å². The number of nitrogens with zero attached hydrogens (tertiary/aromatic N) is 4. The van der Waals surface area contributed by atoms with Crippen LogP contribution in [0.1, 0.15) is 5.56 Å². The summed E-state index contributed by atoms with van der Waals surface area (Å²) in [4.78, 5) is 26.9. The van der Waals surface area contributed by atoms with E-state index in [4.69, 9.17) is 9.47 Å². The lowest BCUT2D eigenvalue weighted by Gasteiger charge is -2.21. The summed E-state index contributed by atoms with van der Waals surface area (Å²) in [6.07, 6.45) is 0. The maximum absolute atomic E-state index is 13.4. The highest BCUT2D eigenvalue weighted by molar-refractivity contribution is 6.25. The van der Waals surface area contributed by atoms with Crippen molar-refractivity contribution in [1.82, 2.24) is 5.01 Å². The van der Waals surface area contributed by atoms with E-state index in [0.717, 1.165) is 4.90 Å². The number of rotatable bonds is 5. The molecule has 144 valence electrons. The van der Waals surface area contributed by atoms with E-state index >= 15 is 0 Å². The van der Waals surface area contributed by atoms with Crippen LogP contribution in [0.4, 0.5) is 10.1 Å². The Kier molecular flexibility index (Phi) is 4.42. The Morgan fingerprint density at radius 2 is 1.82 bits per heavy atom. The molecule has 2 aromatic carbocycles. The van der Waals surface area contributed by atoms with Crippen molar-refractivity contribution in [3.8, 4) is 11.5 Å². The number of methoxy groups -OCH3 is 2. The van der Waals surface area contributed by atoms with E-state index in [9.17, 15) is 14.0 Å². The number of hydrogen-bond acceptors (Lipinski definition) is 7. The van der Waals surface area contributed by atoms with Gasteiger partial charge >= 0.3 is 0 Å². The van der Waals surface area contributed by atoms with Gasteiger partial charge in [0.15, 0.2) is 23.6 Å². The van der Waals surface area contributed by atoms with E-state index in [1.807, 2.05) is 0 Å². The highest BCUT2D eigenvalue weighted by Gasteiger charge is 2.54. The van der Waals surface area contributed by atoms with Crippen molar-refractivity contribution in [3.05, 3.63) is 53.8 Å². The third-order valence-electron chi connectivity index (χ3n) is 4.72. The highest BCUT2D eigenvalue weighted by Crippen LogP contribution is 2.36. The molecule has 0 aliphatic carbocycles. The number of amides is 2. The lowest BCUT2D eigenvalue weighted by atomic mass is 10.1. The van der Waals surface area contributed by atoms with Gasteiger partial charge in [-0.1, -0.05) is 17.4 Å². The average Bonchev–Trinajstić information content (AvgIpc) is 3.21. The maximum atomic E-state index is 13.4. The molecule has 2 heterocycles. The maximum Gasteiger partial charge on any atom is 0.263 e. The quantitative estimate of drug-likeness (QED) is 0.739. The molecule has 2 aliphatic heterocycles. The largest absolute Gasteiger partial charge is 0.493 e. The molecule has 1 saturated heterocycles. The molecule has 2 atom stereocenters. The normalized spacial score (nSPS) is 20.7. The topological polar surface area (TPSA) is 83.8 Å². The van der Waals surface area contributed by atoms with Gasteiger partial charge in [-0.05, 0) is 29.8 Å². The van der Waals surface area contributed by atoms with Crippen LogP contribution in [0.3, 0.4) is 0 Å². The summed E-state index contributed by atoms with van der Waals surface area (Å²) in [6.45, 7) is 0.168. The Morgan fingerprint density at radius 3 is 2.54 bits per heavy atom. The second-order valence-corrected chi connectivity index (χ2v) is 6.37. The Bertz CT molecular complexity index is 980. The SMILES string of the molecule is COc1ccc(N2C(=O)[C@@H]3[C@@H](N=NN3Cc3cccc(F)c3)C2=O)cc1OC. The predicted molar refractivity (Wildman–Crippen MR) is 96.4 cm³/mol. The number of ether oxygens (including phenoxy) is 2. The summed E-state index contributed by atoms with van der Waals surface area (Å²) in [7, 11) is 2.97. The number of anilines is 1. The monoisotopic (exact) mass is 384 g/mol. The smallest absolute Gasteiger partial charge is 0.263 e. The summed E-state index contributed by atoms with van der Waals surface area (Å²) < 4.78 is 23.9. The third kappa shape index (κ3) is 2.84. The molecular formula is C19H17FN4O4. The van der Waals surface area contributed by atoms with Crippen molar-refractivity contribution in [3.63, 3.8) is 0 Å². The summed E-state index contributed by atoms with van der Waals surface area (Å²) in [5, 5.41) is 9.35. The summed E-state index contributed by atoms with van der Waals surface area (Å²) in [5.74, 6) is -0.406. The standard InChI is InChI=1S/C19H17FN4O4/c1-27-14-7-6-13(9-15(14)28-2)24-18(25)16-17(19(24)26)23(22-21-16)10-11-4-3-5-12(20)8-11/h3-9,16-17H,10H2,1-2H3/t16-,17+/m1/s1. The number of halogens is 1. The molecule has 0 bridgehead atoms. The zero-order chi connectivity index (χ0) is 19.8. The molecule has 0 spiro atoms. The fourth-order valence-corrected chi connectivity index (χ4v) is 3.39. The van der Waals surface area contributed by atoms with Crippen molar-refractivity contribution in [1.29, 1.82) is 0 Å². The van der Waals surface area contributed by atoms with Crippen LogP contribution in [0.25, 0.3) is 0 Å². The van der Waals surface area contributed by atoms with Gasteiger partial charge in [0.05, 0.1) is 26.5 Å². The molecule has 2 aromatic rings. The number of benzene rings is 2. The van der Waals surface area contributed by atoms with Gasteiger partial charge in [-0.25, -0.2) is 9.29 Å². The zero-order valence-electron chi connectivity index (χ0n) is 15.2. The molecular weight excluding hydrogens is 367 g/mol. The lowest BCUT2D eigenvalue weighted by molar-refractivity contribution is -0.123. The van der Waals surface area contributed by atoms with Crippen LogP contribution in [0.15, 0.2) is 52.8 Å². The molecule has 0 aromatic heterocycles. The Hall–Kier alpha value is -3.49. The van der Waals surface area contributed by atoms with Crippen LogP contribution in [0.2, 0.25) is 0 Å². The molecule has 8 nitrogen and oxygen atoms in total. The van der Waals surface area contributed by atoms with Gasteiger partial charge in [-0.15, -0.1) is 0 Å². The highest BCUT2D eigenvalue weighted by atomic mass is 19.1. The first kappa shape index (κ1) is 17.9. The second-order valence-electron chi connectivity index (χ2n) is 6.37. The van der Waals surface area contributed by atoms with Crippen LogP contribution in [0, 0.1) is 5.82 Å². The van der Waals surface area contributed by atoms with Crippen molar-refractivity contribution in [2.45, 2.75) is 18.6 Å². The first-order chi connectivity index (χ1) is 13.5. The van der Waals surface area contributed by atoms with Crippen LogP contribution < -0.4 is 14.4 Å². The van der Waals surface area contributed by atoms with Crippen molar-refractivity contribution in [2.75, 3.05) is 19.1 Å². The zero-order valence-corrected chi connectivity index (χ0v) is 15.2. The van der Waals surface area contributed by atoms with Gasteiger partial charge in [0.1, 0.15) is 5.82 Å². The summed E-state index contributed by atoms with van der Waals surface area (Å²) >= 11 is 0.